The molecule has 1 rings (SSSR count). The number of rotatable bonds is 6. The van der Waals surface area contributed by atoms with Crippen LogP contribution in [0, 0.1) is 5.41 Å². The van der Waals surface area contributed by atoms with E-state index in [4.69, 9.17) is 0 Å². The molecule has 1 aromatic rings. The van der Waals surface area contributed by atoms with Gasteiger partial charge in [-0.15, -0.1) is 11.3 Å². The van der Waals surface area contributed by atoms with E-state index in [0.717, 1.165) is 6.54 Å². The van der Waals surface area contributed by atoms with E-state index in [9.17, 15) is 0 Å². The van der Waals surface area contributed by atoms with Crippen LogP contribution in [0.15, 0.2) is 17.5 Å². The van der Waals surface area contributed by atoms with Gasteiger partial charge in [-0.3, -0.25) is 0 Å². The molecular formula is C13H23NS. The zero-order valence-electron chi connectivity index (χ0n) is 10.3. The normalized spacial score (nSPS) is 14.1. The average Bonchev–Trinajstić information content (AvgIpc) is 2.72. The highest BCUT2D eigenvalue weighted by Gasteiger charge is 2.17. The second kappa shape index (κ2) is 5.66. The van der Waals surface area contributed by atoms with E-state index in [-0.39, 0.29) is 0 Å². The van der Waals surface area contributed by atoms with Crippen LogP contribution in [0.2, 0.25) is 0 Å². The molecule has 15 heavy (non-hydrogen) atoms. The molecule has 0 aliphatic carbocycles. The number of thiophene rings is 1. The van der Waals surface area contributed by atoms with Gasteiger partial charge in [0.2, 0.25) is 0 Å². The van der Waals surface area contributed by atoms with E-state index in [1.807, 2.05) is 11.3 Å². The summed E-state index contributed by atoms with van der Waals surface area (Å²) in [6, 6.07) is 4.90. The number of nitrogens with one attached hydrogen (secondary N) is 1. The Morgan fingerprint density at radius 3 is 2.60 bits per heavy atom. The Morgan fingerprint density at radius 1 is 1.40 bits per heavy atom. The molecule has 0 bridgehead atoms. The lowest BCUT2D eigenvalue weighted by molar-refractivity contribution is 0.308. The van der Waals surface area contributed by atoms with Crippen LogP contribution in [0.3, 0.4) is 0 Å². The topological polar surface area (TPSA) is 12.0 Å². The molecule has 0 saturated heterocycles. The molecule has 0 aliphatic rings. The van der Waals surface area contributed by atoms with Gasteiger partial charge in [-0.2, -0.15) is 0 Å². The maximum Gasteiger partial charge on any atom is 0.0412 e. The molecule has 86 valence electrons. The Bertz CT molecular complexity index is 264. The Kier molecular flexibility index (Phi) is 4.81. The molecule has 1 N–H and O–H groups in total. The fourth-order valence-electron chi connectivity index (χ4n) is 1.46. The van der Waals surface area contributed by atoms with Crippen molar-refractivity contribution in [3.8, 4) is 0 Å². The predicted molar refractivity (Wildman–Crippen MR) is 69.4 cm³/mol. The van der Waals surface area contributed by atoms with Crippen molar-refractivity contribution in [3.05, 3.63) is 22.4 Å². The van der Waals surface area contributed by atoms with Gasteiger partial charge in [0.1, 0.15) is 0 Å². The lowest BCUT2D eigenvalue weighted by atomic mass is 9.90. The molecule has 0 radical (unpaired) electrons. The van der Waals surface area contributed by atoms with Crippen molar-refractivity contribution in [2.24, 2.45) is 5.41 Å². The van der Waals surface area contributed by atoms with E-state index in [1.54, 1.807) is 0 Å². The van der Waals surface area contributed by atoms with Gasteiger partial charge in [0.25, 0.3) is 0 Å². The largest absolute Gasteiger partial charge is 0.309 e. The van der Waals surface area contributed by atoms with Crippen LogP contribution in [0.5, 0.6) is 0 Å². The maximum absolute atomic E-state index is 3.67. The summed E-state index contributed by atoms with van der Waals surface area (Å²) in [5.41, 5.74) is 0.407. The Hall–Kier alpha value is -0.340. The van der Waals surface area contributed by atoms with Crippen LogP contribution in [-0.2, 0) is 0 Å². The summed E-state index contributed by atoms with van der Waals surface area (Å²) in [5, 5.41) is 5.83. The van der Waals surface area contributed by atoms with Gasteiger partial charge in [0.05, 0.1) is 0 Å². The van der Waals surface area contributed by atoms with Crippen LogP contribution in [0.1, 0.15) is 51.5 Å². The lowest BCUT2D eigenvalue weighted by Gasteiger charge is -2.26. The third kappa shape index (κ3) is 3.96. The average molecular weight is 225 g/mol. The molecule has 1 nitrogen and oxygen atoms in total. The Labute approximate surface area is 97.9 Å². The first-order valence-electron chi connectivity index (χ1n) is 5.86. The minimum atomic E-state index is 0.407. The molecule has 0 amide bonds. The first-order valence-corrected chi connectivity index (χ1v) is 6.74. The van der Waals surface area contributed by atoms with Gasteiger partial charge in [0.15, 0.2) is 0 Å². The standard InChI is InChI=1S/C13H23NS/c1-5-11(12-8-7-9-15-12)14-10-13(3,4)6-2/h7-9,11,14H,5-6,10H2,1-4H3. The fraction of sp³-hybridized carbons (Fsp3) is 0.692. The fourth-order valence-corrected chi connectivity index (χ4v) is 2.35. The highest BCUT2D eigenvalue weighted by Crippen LogP contribution is 2.24. The molecule has 0 aliphatic heterocycles. The van der Waals surface area contributed by atoms with E-state index < -0.39 is 0 Å². The molecule has 0 aromatic carbocycles. The second-order valence-electron chi connectivity index (χ2n) is 4.87. The van der Waals surface area contributed by atoms with Crippen LogP contribution < -0.4 is 5.32 Å². The van der Waals surface area contributed by atoms with Gasteiger partial charge >= 0.3 is 0 Å². The minimum Gasteiger partial charge on any atom is -0.309 e. The van der Waals surface area contributed by atoms with E-state index >= 15 is 0 Å². The predicted octanol–water partition coefficient (Wildman–Crippen LogP) is 4.23. The molecular weight excluding hydrogens is 202 g/mol. The van der Waals surface area contributed by atoms with Crippen molar-refractivity contribution < 1.29 is 0 Å². The Morgan fingerprint density at radius 2 is 2.13 bits per heavy atom. The molecule has 1 heterocycles. The summed E-state index contributed by atoms with van der Waals surface area (Å²) in [4.78, 5) is 1.46. The van der Waals surface area contributed by atoms with Crippen molar-refractivity contribution >= 4 is 11.3 Å². The highest BCUT2D eigenvalue weighted by atomic mass is 32.1. The molecule has 1 aromatic heterocycles. The zero-order chi connectivity index (χ0) is 11.3. The van der Waals surface area contributed by atoms with Gasteiger partial charge in [-0.1, -0.05) is 33.8 Å². The molecule has 1 unspecified atom stereocenters. The van der Waals surface area contributed by atoms with Crippen molar-refractivity contribution in [3.63, 3.8) is 0 Å². The summed E-state index contributed by atoms with van der Waals surface area (Å²) in [6.45, 7) is 10.2. The molecule has 1 atom stereocenters. The molecule has 0 fully saturated rings. The summed E-state index contributed by atoms with van der Waals surface area (Å²) >= 11 is 1.85. The summed E-state index contributed by atoms with van der Waals surface area (Å²) in [7, 11) is 0. The van der Waals surface area contributed by atoms with E-state index in [1.165, 1.54) is 17.7 Å². The number of hydrogen-bond donors (Lipinski definition) is 1. The third-order valence-electron chi connectivity index (χ3n) is 3.08. The molecule has 0 saturated carbocycles. The molecule has 2 heteroatoms. The lowest BCUT2D eigenvalue weighted by Crippen LogP contribution is -2.31. The highest BCUT2D eigenvalue weighted by molar-refractivity contribution is 7.10. The molecule has 0 spiro atoms. The van der Waals surface area contributed by atoms with Crippen molar-refractivity contribution in [2.75, 3.05) is 6.54 Å². The first-order chi connectivity index (χ1) is 7.09. The monoisotopic (exact) mass is 225 g/mol. The minimum absolute atomic E-state index is 0.407. The van der Waals surface area contributed by atoms with E-state index in [0.29, 0.717) is 11.5 Å². The smallest absolute Gasteiger partial charge is 0.0412 e. The first kappa shape index (κ1) is 12.7. The van der Waals surface area contributed by atoms with Gasteiger partial charge < -0.3 is 5.32 Å². The number of hydrogen-bond acceptors (Lipinski definition) is 2. The van der Waals surface area contributed by atoms with Crippen LogP contribution >= 0.6 is 11.3 Å². The van der Waals surface area contributed by atoms with Gasteiger partial charge in [-0.05, 0) is 29.7 Å². The van der Waals surface area contributed by atoms with Gasteiger partial charge in [-0.25, -0.2) is 0 Å². The van der Waals surface area contributed by atoms with Crippen LogP contribution in [0.25, 0.3) is 0 Å². The maximum atomic E-state index is 3.67. The second-order valence-corrected chi connectivity index (χ2v) is 5.85. The quantitative estimate of drug-likeness (QED) is 0.764. The van der Waals surface area contributed by atoms with Crippen molar-refractivity contribution in [1.29, 1.82) is 0 Å². The van der Waals surface area contributed by atoms with Crippen molar-refractivity contribution in [1.82, 2.24) is 5.32 Å². The SMILES string of the molecule is CCC(NCC(C)(C)CC)c1cccs1. The Balaban J connectivity index is 2.49. The zero-order valence-corrected chi connectivity index (χ0v) is 11.2. The summed E-state index contributed by atoms with van der Waals surface area (Å²) in [6.07, 6.45) is 2.39. The van der Waals surface area contributed by atoms with Gasteiger partial charge in [0, 0.05) is 17.5 Å². The summed E-state index contributed by atoms with van der Waals surface area (Å²) < 4.78 is 0. The van der Waals surface area contributed by atoms with Crippen LogP contribution in [-0.4, -0.2) is 6.54 Å². The summed E-state index contributed by atoms with van der Waals surface area (Å²) in [5.74, 6) is 0. The van der Waals surface area contributed by atoms with Crippen molar-refractivity contribution in [2.45, 2.75) is 46.6 Å². The van der Waals surface area contributed by atoms with E-state index in [2.05, 4.69) is 50.5 Å². The van der Waals surface area contributed by atoms with Crippen LogP contribution in [0.4, 0.5) is 0 Å². The third-order valence-corrected chi connectivity index (χ3v) is 4.06.